The van der Waals surface area contributed by atoms with Crippen molar-refractivity contribution in [2.24, 2.45) is 9.98 Å². The van der Waals surface area contributed by atoms with Gasteiger partial charge in [0.05, 0.1) is 6.54 Å². The molecule has 26 heavy (non-hydrogen) atoms. The summed E-state index contributed by atoms with van der Waals surface area (Å²) in [4.78, 5) is 16.6. The molecule has 3 rings (SSSR count). The molecule has 0 spiro atoms. The van der Waals surface area contributed by atoms with Crippen molar-refractivity contribution in [3.63, 3.8) is 0 Å². The fraction of sp³-hybridized carbons (Fsp3) is 0.176. The number of halogens is 1. The third kappa shape index (κ3) is 3.77. The molecule has 0 aliphatic carbocycles. The number of thiazole rings is 1. The van der Waals surface area contributed by atoms with Crippen LogP contribution >= 0.6 is 11.3 Å². The second-order valence-electron chi connectivity index (χ2n) is 5.24. The minimum Gasteiger partial charge on any atom is -0.287 e. The molecule has 0 aliphatic heterocycles. The zero-order valence-corrected chi connectivity index (χ0v) is 14.9. The normalized spacial score (nSPS) is 11.5. The van der Waals surface area contributed by atoms with Crippen molar-refractivity contribution in [2.75, 3.05) is 0 Å². The van der Waals surface area contributed by atoms with Gasteiger partial charge in [-0.3, -0.25) is 5.41 Å². The maximum Gasteiger partial charge on any atom is 0.219 e. The molecule has 0 saturated carbocycles. The highest BCUT2D eigenvalue weighted by atomic mass is 32.1. The number of nitrogens with zero attached hydrogens (tertiary/aromatic N) is 6. The first kappa shape index (κ1) is 17.7. The van der Waals surface area contributed by atoms with Gasteiger partial charge in [0.1, 0.15) is 11.7 Å². The molecule has 7 nitrogen and oxygen atoms in total. The summed E-state index contributed by atoms with van der Waals surface area (Å²) in [6.45, 7) is 5.49. The van der Waals surface area contributed by atoms with Crippen LogP contribution in [-0.4, -0.2) is 38.1 Å². The zero-order valence-electron chi connectivity index (χ0n) is 14.1. The Morgan fingerprint density at radius 2 is 2.19 bits per heavy atom. The van der Waals surface area contributed by atoms with Crippen LogP contribution in [-0.2, 0) is 6.54 Å². The van der Waals surface area contributed by atoms with Gasteiger partial charge in [0.15, 0.2) is 10.8 Å². The van der Waals surface area contributed by atoms with Crippen LogP contribution in [0, 0.1) is 11.2 Å². The summed E-state index contributed by atoms with van der Waals surface area (Å²) < 4.78 is 15.6. The van der Waals surface area contributed by atoms with E-state index >= 15 is 0 Å². The van der Waals surface area contributed by atoms with Gasteiger partial charge in [0, 0.05) is 23.6 Å². The van der Waals surface area contributed by atoms with Crippen LogP contribution < -0.4 is 0 Å². The number of amidine groups is 2. The molecular weight excluding hydrogens is 353 g/mol. The lowest BCUT2D eigenvalue weighted by Gasteiger charge is -2.05. The molecule has 1 N–H and O–H groups in total. The number of aliphatic imine (C=N–C) groups is 2. The Hall–Kier alpha value is -3.07. The van der Waals surface area contributed by atoms with Crippen molar-refractivity contribution < 1.29 is 4.39 Å². The highest BCUT2D eigenvalue weighted by Gasteiger charge is 2.18. The maximum absolute atomic E-state index is 14.0. The van der Waals surface area contributed by atoms with Crippen molar-refractivity contribution in [1.82, 2.24) is 19.7 Å². The van der Waals surface area contributed by atoms with Crippen molar-refractivity contribution in [3.05, 3.63) is 53.0 Å². The first-order chi connectivity index (χ1) is 12.6. The Labute approximate surface area is 153 Å². The Morgan fingerprint density at radius 3 is 2.85 bits per heavy atom. The monoisotopic (exact) mass is 369 g/mol. The van der Waals surface area contributed by atoms with E-state index in [0.717, 1.165) is 0 Å². The molecule has 1 aromatic carbocycles. The Kier molecular flexibility index (Phi) is 5.37. The summed E-state index contributed by atoms with van der Waals surface area (Å²) >= 11 is 1.40. The van der Waals surface area contributed by atoms with E-state index in [1.165, 1.54) is 17.4 Å². The van der Waals surface area contributed by atoms with Crippen LogP contribution in [0.4, 0.5) is 4.39 Å². The van der Waals surface area contributed by atoms with Gasteiger partial charge in [-0.2, -0.15) is 0 Å². The van der Waals surface area contributed by atoms with E-state index in [1.54, 1.807) is 29.1 Å². The molecule has 0 saturated heterocycles. The highest BCUT2D eigenvalue weighted by molar-refractivity contribution is 7.13. The van der Waals surface area contributed by atoms with Crippen molar-refractivity contribution in [1.29, 1.82) is 5.41 Å². The van der Waals surface area contributed by atoms with Gasteiger partial charge >= 0.3 is 0 Å². The highest BCUT2D eigenvalue weighted by Crippen LogP contribution is 2.22. The van der Waals surface area contributed by atoms with Gasteiger partial charge in [-0.1, -0.05) is 25.1 Å². The number of aromatic nitrogens is 4. The third-order valence-electron chi connectivity index (χ3n) is 3.50. The largest absolute Gasteiger partial charge is 0.287 e. The smallest absolute Gasteiger partial charge is 0.219 e. The molecule has 2 aromatic heterocycles. The van der Waals surface area contributed by atoms with Gasteiger partial charge in [-0.15, -0.1) is 16.4 Å². The molecular formula is C17H16FN7S. The lowest BCUT2D eigenvalue weighted by Crippen LogP contribution is -2.08. The number of benzene rings is 1. The average Bonchev–Trinajstić information content (AvgIpc) is 3.31. The molecule has 0 unspecified atom stereocenters. The fourth-order valence-corrected chi connectivity index (χ4v) is 2.82. The summed E-state index contributed by atoms with van der Waals surface area (Å²) in [5.74, 6) is 0.686. The Morgan fingerprint density at radius 1 is 1.38 bits per heavy atom. The van der Waals surface area contributed by atoms with Crippen LogP contribution in [0.25, 0.3) is 10.8 Å². The molecule has 9 heteroatoms. The first-order valence-corrected chi connectivity index (χ1v) is 8.71. The van der Waals surface area contributed by atoms with Crippen LogP contribution in [0.3, 0.4) is 0 Å². The van der Waals surface area contributed by atoms with Crippen LogP contribution in [0.2, 0.25) is 0 Å². The van der Waals surface area contributed by atoms with Crippen LogP contribution in [0.1, 0.15) is 24.7 Å². The van der Waals surface area contributed by atoms with E-state index in [-0.39, 0.29) is 29.9 Å². The predicted octanol–water partition coefficient (Wildman–Crippen LogP) is 3.42. The topological polar surface area (TPSA) is 92.2 Å². The van der Waals surface area contributed by atoms with Crippen molar-refractivity contribution in [2.45, 2.75) is 19.9 Å². The lowest BCUT2D eigenvalue weighted by atomic mass is 10.2. The van der Waals surface area contributed by atoms with Crippen molar-refractivity contribution >= 4 is 29.7 Å². The Bertz CT molecular complexity index is 959. The summed E-state index contributed by atoms with van der Waals surface area (Å²) in [7, 11) is 0. The van der Waals surface area contributed by atoms with E-state index in [4.69, 9.17) is 5.41 Å². The van der Waals surface area contributed by atoms with E-state index in [9.17, 15) is 4.39 Å². The van der Waals surface area contributed by atoms with Gasteiger partial charge in [0.25, 0.3) is 0 Å². The summed E-state index contributed by atoms with van der Waals surface area (Å²) in [6, 6.07) is 6.49. The second kappa shape index (κ2) is 7.87. The zero-order chi connectivity index (χ0) is 18.5. The summed E-state index contributed by atoms with van der Waals surface area (Å²) in [6.07, 6.45) is 2.11. The van der Waals surface area contributed by atoms with Crippen molar-refractivity contribution in [3.8, 4) is 10.8 Å². The van der Waals surface area contributed by atoms with E-state index in [0.29, 0.717) is 22.8 Å². The number of rotatable bonds is 5. The molecule has 0 aliphatic rings. The molecule has 3 aromatic rings. The molecule has 0 atom stereocenters. The molecule has 132 valence electrons. The maximum atomic E-state index is 14.0. The molecule has 0 bridgehead atoms. The standard InChI is InChI=1S/C17H16FN7S/c1-3-13(19)22-14(20-2)15-23-16(17-21-8-9-26-17)25(24-15)10-11-6-4-5-7-12(11)18/h4-9,19H,2-3,10H2,1H3. The first-order valence-electron chi connectivity index (χ1n) is 7.83. The molecule has 0 amide bonds. The van der Waals surface area contributed by atoms with Gasteiger partial charge in [-0.25, -0.2) is 29.0 Å². The number of hydrogen-bond donors (Lipinski definition) is 1. The minimum atomic E-state index is -0.321. The fourth-order valence-electron chi connectivity index (χ4n) is 2.19. The quantitative estimate of drug-likeness (QED) is 0.552. The van der Waals surface area contributed by atoms with Crippen LogP contribution in [0.5, 0.6) is 0 Å². The molecule has 0 fully saturated rings. The van der Waals surface area contributed by atoms with Gasteiger partial charge in [0.2, 0.25) is 11.7 Å². The third-order valence-corrected chi connectivity index (χ3v) is 4.27. The van der Waals surface area contributed by atoms with Gasteiger partial charge in [-0.05, 0) is 12.8 Å². The number of hydrogen-bond acceptors (Lipinski definition) is 5. The second-order valence-corrected chi connectivity index (χ2v) is 6.13. The minimum absolute atomic E-state index is 0.147. The SMILES string of the molecule is C=NC(=NC(=N)CC)c1nc(-c2nccs2)n(Cc2ccccc2F)n1. The lowest BCUT2D eigenvalue weighted by molar-refractivity contribution is 0.586. The summed E-state index contributed by atoms with van der Waals surface area (Å²) in [5.41, 5.74) is 0.480. The van der Waals surface area contributed by atoms with E-state index in [2.05, 4.69) is 31.8 Å². The van der Waals surface area contributed by atoms with E-state index in [1.807, 2.05) is 12.3 Å². The number of nitrogens with one attached hydrogen (secondary N) is 1. The van der Waals surface area contributed by atoms with Crippen LogP contribution in [0.15, 0.2) is 45.8 Å². The molecule has 0 radical (unpaired) electrons. The van der Waals surface area contributed by atoms with E-state index < -0.39 is 0 Å². The summed E-state index contributed by atoms with van der Waals surface area (Å²) in [5, 5.41) is 14.6. The predicted molar refractivity (Wildman–Crippen MR) is 101 cm³/mol. The molecule has 2 heterocycles. The Balaban J connectivity index is 2.06. The van der Waals surface area contributed by atoms with Gasteiger partial charge < -0.3 is 0 Å². The average molecular weight is 369 g/mol.